The molecule has 0 heterocycles. The highest BCUT2D eigenvalue weighted by Crippen LogP contribution is 2.45. The zero-order valence-electron chi connectivity index (χ0n) is 14.6. The topological polar surface area (TPSA) is 40.5 Å². The van der Waals surface area contributed by atoms with Crippen LogP contribution in [-0.4, -0.2) is 21.6 Å². The number of phenols is 1. The third-order valence-corrected chi connectivity index (χ3v) is 5.00. The van der Waals surface area contributed by atoms with Crippen LogP contribution in [0.2, 0.25) is 0 Å². The molecule has 1 aromatic rings. The molecule has 0 saturated carbocycles. The Kier molecular flexibility index (Phi) is 5.44. The van der Waals surface area contributed by atoms with E-state index in [0.717, 1.165) is 10.5 Å². The molecule has 1 aromatic carbocycles. The molecule has 0 aliphatic heterocycles. The average molecular weight is 311 g/mol. The summed E-state index contributed by atoms with van der Waals surface area (Å²) in [6, 6.07) is 3.77. The lowest BCUT2D eigenvalue weighted by Gasteiger charge is -2.33. The number of hydrogen-bond donors (Lipinski definition) is 2. The molecule has 21 heavy (non-hydrogen) atoms. The van der Waals surface area contributed by atoms with Crippen molar-refractivity contribution in [2.45, 2.75) is 82.5 Å². The molecule has 2 nitrogen and oxygen atoms in total. The maximum Gasteiger partial charge on any atom is 0.119 e. The predicted molar refractivity (Wildman–Crippen MR) is 92.5 cm³/mol. The highest BCUT2D eigenvalue weighted by molar-refractivity contribution is 8.00. The Morgan fingerprint density at radius 1 is 0.905 bits per heavy atom. The van der Waals surface area contributed by atoms with Gasteiger partial charge in [-0.3, -0.25) is 0 Å². The fourth-order valence-electron chi connectivity index (χ4n) is 2.47. The predicted octanol–water partition coefficient (Wildman–Crippen LogP) is 4.85. The van der Waals surface area contributed by atoms with Crippen LogP contribution >= 0.6 is 11.8 Å². The molecule has 3 heteroatoms. The molecule has 0 spiro atoms. The molecule has 0 bridgehead atoms. The monoisotopic (exact) mass is 310 g/mol. The van der Waals surface area contributed by atoms with E-state index in [1.807, 2.05) is 19.9 Å². The Hall–Kier alpha value is -0.670. The molecule has 1 rings (SSSR count). The van der Waals surface area contributed by atoms with Gasteiger partial charge >= 0.3 is 0 Å². The Morgan fingerprint density at radius 3 is 1.76 bits per heavy atom. The third kappa shape index (κ3) is 4.40. The maximum atomic E-state index is 10.4. The van der Waals surface area contributed by atoms with Gasteiger partial charge in [-0.1, -0.05) is 48.5 Å². The van der Waals surface area contributed by atoms with Crippen molar-refractivity contribution >= 4 is 11.8 Å². The number of aliphatic hydroxyl groups excluding tert-OH is 1. The highest BCUT2D eigenvalue weighted by Gasteiger charge is 2.31. The molecule has 0 saturated heterocycles. The van der Waals surface area contributed by atoms with Crippen LogP contribution in [0.5, 0.6) is 5.75 Å². The SMILES string of the molecule is C[C@H](O)[C@@H](C)Sc1ccc(O)c(C(C)(C)C)c1C(C)(C)C. The first-order valence-electron chi connectivity index (χ1n) is 7.57. The molecule has 0 radical (unpaired) electrons. The standard InChI is InChI=1S/C18H30O2S/c1-11(19)12(2)21-14-10-9-13(20)15(17(3,4)5)16(14)18(6,7)8/h9-12,19-20H,1-8H3/t11-,12+/m0/s1. The molecule has 0 aliphatic carbocycles. The number of hydrogen-bond acceptors (Lipinski definition) is 3. The van der Waals surface area contributed by atoms with Crippen LogP contribution in [0.25, 0.3) is 0 Å². The summed E-state index contributed by atoms with van der Waals surface area (Å²) in [5, 5.41) is 20.3. The van der Waals surface area contributed by atoms with Crippen LogP contribution in [0.1, 0.15) is 66.5 Å². The summed E-state index contributed by atoms with van der Waals surface area (Å²) in [5.41, 5.74) is 2.00. The molecule has 0 fully saturated rings. The number of rotatable bonds is 3. The molecule has 2 atom stereocenters. The summed E-state index contributed by atoms with van der Waals surface area (Å²) in [4.78, 5) is 1.15. The minimum absolute atomic E-state index is 0.0674. The summed E-state index contributed by atoms with van der Waals surface area (Å²) in [6.45, 7) is 16.8. The van der Waals surface area contributed by atoms with Crippen LogP contribution in [0.15, 0.2) is 17.0 Å². The van der Waals surface area contributed by atoms with Crippen LogP contribution in [-0.2, 0) is 10.8 Å². The van der Waals surface area contributed by atoms with E-state index in [9.17, 15) is 10.2 Å². The van der Waals surface area contributed by atoms with Crippen LogP contribution in [0.3, 0.4) is 0 Å². The van der Waals surface area contributed by atoms with Gasteiger partial charge in [0.25, 0.3) is 0 Å². The van der Waals surface area contributed by atoms with Crippen molar-refractivity contribution in [2.24, 2.45) is 0 Å². The smallest absolute Gasteiger partial charge is 0.119 e. The molecule has 120 valence electrons. The number of aliphatic hydroxyl groups is 1. The number of thioether (sulfide) groups is 1. The first-order chi connectivity index (χ1) is 9.35. The fourth-order valence-corrected chi connectivity index (χ4v) is 3.74. The van der Waals surface area contributed by atoms with Crippen molar-refractivity contribution in [2.75, 3.05) is 0 Å². The molecule has 0 amide bonds. The van der Waals surface area contributed by atoms with Crippen LogP contribution < -0.4 is 0 Å². The van der Waals surface area contributed by atoms with Crippen molar-refractivity contribution in [3.05, 3.63) is 23.3 Å². The van der Waals surface area contributed by atoms with E-state index in [1.165, 1.54) is 5.56 Å². The zero-order valence-corrected chi connectivity index (χ0v) is 15.4. The van der Waals surface area contributed by atoms with E-state index in [-0.39, 0.29) is 22.2 Å². The van der Waals surface area contributed by atoms with Gasteiger partial charge in [0, 0.05) is 15.7 Å². The van der Waals surface area contributed by atoms with Crippen LogP contribution in [0.4, 0.5) is 0 Å². The molecular weight excluding hydrogens is 280 g/mol. The van der Waals surface area contributed by atoms with Gasteiger partial charge in [-0.2, -0.15) is 0 Å². The van der Waals surface area contributed by atoms with Crippen molar-refractivity contribution in [1.82, 2.24) is 0 Å². The van der Waals surface area contributed by atoms with Gasteiger partial charge in [0.1, 0.15) is 5.75 Å². The van der Waals surface area contributed by atoms with E-state index >= 15 is 0 Å². The van der Waals surface area contributed by atoms with E-state index < -0.39 is 0 Å². The first-order valence-corrected chi connectivity index (χ1v) is 8.45. The van der Waals surface area contributed by atoms with Crippen molar-refractivity contribution in [3.8, 4) is 5.75 Å². The third-order valence-electron chi connectivity index (χ3n) is 3.64. The number of phenolic OH excluding ortho intramolecular Hbond substituents is 1. The minimum Gasteiger partial charge on any atom is -0.508 e. The van der Waals surface area contributed by atoms with Crippen molar-refractivity contribution < 1.29 is 10.2 Å². The lowest BCUT2D eigenvalue weighted by molar-refractivity contribution is 0.196. The van der Waals surface area contributed by atoms with Crippen molar-refractivity contribution in [3.63, 3.8) is 0 Å². The lowest BCUT2D eigenvalue weighted by atomic mass is 9.75. The molecule has 0 aliphatic rings. The van der Waals surface area contributed by atoms with E-state index in [1.54, 1.807) is 17.8 Å². The molecule has 2 N–H and O–H groups in total. The van der Waals surface area contributed by atoms with Gasteiger partial charge in [0.2, 0.25) is 0 Å². The minimum atomic E-state index is -0.366. The average Bonchev–Trinajstić information content (AvgIpc) is 2.27. The summed E-state index contributed by atoms with van der Waals surface area (Å²) in [5.74, 6) is 0.362. The Bertz CT molecular complexity index is 493. The first kappa shape index (κ1) is 18.4. The van der Waals surface area contributed by atoms with E-state index in [4.69, 9.17) is 0 Å². The van der Waals surface area contributed by atoms with Gasteiger partial charge in [-0.25, -0.2) is 0 Å². The van der Waals surface area contributed by atoms with Gasteiger partial charge < -0.3 is 10.2 Å². The van der Waals surface area contributed by atoms with E-state index in [2.05, 4.69) is 41.5 Å². The van der Waals surface area contributed by atoms with Crippen LogP contribution in [0, 0.1) is 0 Å². The maximum absolute atomic E-state index is 10.4. The molecule has 0 unspecified atom stereocenters. The second-order valence-electron chi connectivity index (χ2n) is 7.90. The quantitative estimate of drug-likeness (QED) is 0.784. The summed E-state index contributed by atoms with van der Waals surface area (Å²) in [6.07, 6.45) is -0.366. The normalized spacial score (nSPS) is 15.9. The Balaban J connectivity index is 3.53. The molecule has 0 aromatic heterocycles. The second-order valence-corrected chi connectivity index (χ2v) is 9.32. The lowest BCUT2D eigenvalue weighted by Crippen LogP contribution is -2.24. The van der Waals surface area contributed by atoms with Gasteiger partial charge in [-0.15, -0.1) is 11.8 Å². The summed E-state index contributed by atoms with van der Waals surface area (Å²) in [7, 11) is 0. The van der Waals surface area contributed by atoms with E-state index in [0.29, 0.717) is 5.75 Å². The number of aromatic hydroxyl groups is 1. The van der Waals surface area contributed by atoms with Gasteiger partial charge in [0.05, 0.1) is 6.10 Å². The Labute approximate surface area is 134 Å². The fraction of sp³-hybridized carbons (Fsp3) is 0.667. The second kappa shape index (κ2) is 6.21. The number of benzene rings is 1. The summed E-state index contributed by atoms with van der Waals surface area (Å²) >= 11 is 1.68. The van der Waals surface area contributed by atoms with Crippen molar-refractivity contribution in [1.29, 1.82) is 0 Å². The molecular formula is C18H30O2S. The Morgan fingerprint density at radius 2 is 1.38 bits per heavy atom. The van der Waals surface area contributed by atoms with Gasteiger partial charge in [-0.05, 0) is 35.4 Å². The highest BCUT2D eigenvalue weighted by atomic mass is 32.2. The zero-order chi connectivity index (χ0) is 16.6. The largest absolute Gasteiger partial charge is 0.508 e. The summed E-state index contributed by atoms with van der Waals surface area (Å²) < 4.78 is 0. The van der Waals surface area contributed by atoms with Gasteiger partial charge in [0.15, 0.2) is 0 Å².